The van der Waals surface area contributed by atoms with Gasteiger partial charge in [0.05, 0.1) is 11.4 Å². The molecule has 0 aliphatic rings. The number of carbonyl (C=O) groups is 1. The van der Waals surface area contributed by atoms with Gasteiger partial charge in [0.2, 0.25) is 0 Å². The highest BCUT2D eigenvalue weighted by atomic mass is 19.1. The minimum atomic E-state index is -1.25. The summed E-state index contributed by atoms with van der Waals surface area (Å²) in [6, 6.07) is 5.29. The molecule has 6 heteroatoms. The van der Waals surface area contributed by atoms with Crippen LogP contribution in [0, 0.1) is 5.82 Å². The zero-order chi connectivity index (χ0) is 12.3. The zero-order valence-electron chi connectivity index (χ0n) is 8.64. The van der Waals surface area contributed by atoms with Crippen LogP contribution >= 0.6 is 0 Å². The summed E-state index contributed by atoms with van der Waals surface area (Å²) in [5, 5.41) is 9.75. The average molecular weight is 225 g/mol. The van der Waals surface area contributed by atoms with Crippen molar-refractivity contribution in [2.45, 2.75) is 6.92 Å². The molecule has 0 saturated carbocycles. The van der Waals surface area contributed by atoms with Gasteiger partial charge in [-0.1, -0.05) is 0 Å². The topological polar surface area (TPSA) is 92.6 Å². The van der Waals surface area contributed by atoms with E-state index in [-0.39, 0.29) is 11.4 Å². The number of anilines is 1. The Morgan fingerprint density at radius 2 is 1.88 bits per heavy atom. The first-order valence-electron chi connectivity index (χ1n) is 4.43. The van der Waals surface area contributed by atoms with Crippen molar-refractivity contribution in [1.29, 1.82) is 0 Å². The zero-order valence-corrected chi connectivity index (χ0v) is 8.64. The summed E-state index contributed by atoms with van der Waals surface area (Å²) < 4.78 is 12.6. The summed E-state index contributed by atoms with van der Waals surface area (Å²) >= 11 is 0. The van der Waals surface area contributed by atoms with E-state index in [1.165, 1.54) is 31.2 Å². The Kier molecular flexibility index (Phi) is 3.47. The third-order valence-corrected chi connectivity index (χ3v) is 2.09. The molecule has 0 aliphatic heterocycles. The summed E-state index contributed by atoms with van der Waals surface area (Å²) in [7, 11) is 0. The van der Waals surface area contributed by atoms with Gasteiger partial charge in [-0.2, -0.15) is 0 Å². The molecule has 0 radical (unpaired) electrons. The molecular formula is C10H12FN3O2. The summed E-state index contributed by atoms with van der Waals surface area (Å²) in [6.45, 7) is 1.47. The minimum absolute atomic E-state index is 0.180. The Morgan fingerprint density at radius 1 is 1.38 bits per heavy atom. The van der Waals surface area contributed by atoms with Crippen LogP contribution in [0.1, 0.15) is 6.92 Å². The van der Waals surface area contributed by atoms with Crippen LogP contribution in [0.2, 0.25) is 0 Å². The Morgan fingerprint density at radius 3 is 2.31 bits per heavy atom. The maximum Gasteiger partial charge on any atom is 0.353 e. The summed E-state index contributed by atoms with van der Waals surface area (Å²) in [5.74, 6) is 3.98. The number of hydrogen-bond donors (Lipinski definition) is 3. The van der Waals surface area contributed by atoms with Gasteiger partial charge in [-0.05, 0) is 31.2 Å². The van der Waals surface area contributed by atoms with E-state index in [1.807, 2.05) is 0 Å². The third-order valence-electron chi connectivity index (χ3n) is 2.09. The first kappa shape index (κ1) is 12.0. The molecule has 0 bridgehead atoms. The van der Waals surface area contributed by atoms with Gasteiger partial charge >= 0.3 is 5.97 Å². The molecule has 0 atom stereocenters. The first-order valence-corrected chi connectivity index (χ1v) is 4.43. The van der Waals surface area contributed by atoms with Gasteiger partial charge in [0, 0.05) is 0 Å². The third kappa shape index (κ3) is 2.48. The van der Waals surface area contributed by atoms with Crippen LogP contribution in [0.4, 0.5) is 10.1 Å². The van der Waals surface area contributed by atoms with Crippen LogP contribution in [0.25, 0.3) is 0 Å². The Balaban J connectivity index is 3.03. The number of benzene rings is 1. The highest BCUT2D eigenvalue weighted by Crippen LogP contribution is 2.16. The Hall–Kier alpha value is -2.08. The van der Waals surface area contributed by atoms with Gasteiger partial charge in [-0.15, -0.1) is 0 Å². The number of carboxylic acid groups (broad SMARTS) is 1. The second-order valence-electron chi connectivity index (χ2n) is 3.15. The molecule has 0 spiro atoms. The first-order chi connectivity index (χ1) is 7.43. The van der Waals surface area contributed by atoms with Crippen molar-refractivity contribution in [3.8, 4) is 0 Å². The van der Waals surface area contributed by atoms with Crippen LogP contribution < -0.4 is 16.6 Å². The van der Waals surface area contributed by atoms with Crippen molar-refractivity contribution in [3.05, 3.63) is 41.5 Å². The molecule has 1 aromatic carbocycles. The highest BCUT2D eigenvalue weighted by Gasteiger charge is 2.12. The van der Waals surface area contributed by atoms with Crippen LogP contribution in [0.15, 0.2) is 35.7 Å². The molecule has 1 rings (SSSR count). The summed E-state index contributed by atoms with van der Waals surface area (Å²) in [4.78, 5) is 10.6. The number of rotatable bonds is 3. The molecule has 0 aliphatic carbocycles. The predicted octanol–water partition coefficient (Wildman–Crippen LogP) is 0.781. The van der Waals surface area contributed by atoms with Gasteiger partial charge in [0.25, 0.3) is 0 Å². The number of nitrogens with two attached hydrogens (primary N) is 2. The lowest BCUT2D eigenvalue weighted by molar-refractivity contribution is -0.132. The van der Waals surface area contributed by atoms with Crippen molar-refractivity contribution in [1.82, 2.24) is 0 Å². The molecule has 5 N–H and O–H groups in total. The number of hydrogen-bond acceptors (Lipinski definition) is 4. The molecule has 0 heterocycles. The fraction of sp³-hybridized carbons (Fsp3) is 0.100. The van der Waals surface area contributed by atoms with Gasteiger partial charge < -0.3 is 10.8 Å². The number of hydrazine groups is 1. The normalized spacial score (nSPS) is 11.9. The molecule has 86 valence electrons. The quantitative estimate of drug-likeness (QED) is 0.401. The molecule has 0 amide bonds. The van der Waals surface area contributed by atoms with Crippen LogP contribution in [-0.4, -0.2) is 11.1 Å². The molecule has 0 unspecified atom stereocenters. The largest absolute Gasteiger partial charge is 0.477 e. The smallest absolute Gasteiger partial charge is 0.353 e. The number of allylic oxidation sites excluding steroid dienone is 1. The van der Waals surface area contributed by atoms with Crippen molar-refractivity contribution in [2.75, 3.05) is 5.01 Å². The fourth-order valence-electron chi connectivity index (χ4n) is 1.08. The maximum absolute atomic E-state index is 12.6. The van der Waals surface area contributed by atoms with Crippen molar-refractivity contribution in [3.63, 3.8) is 0 Å². The molecule has 16 heavy (non-hydrogen) atoms. The van der Waals surface area contributed by atoms with Crippen LogP contribution in [0.3, 0.4) is 0 Å². The van der Waals surface area contributed by atoms with Crippen molar-refractivity contribution >= 4 is 11.7 Å². The van der Waals surface area contributed by atoms with E-state index in [4.69, 9.17) is 16.7 Å². The monoisotopic (exact) mass is 225 g/mol. The van der Waals surface area contributed by atoms with E-state index < -0.39 is 11.8 Å². The molecular weight excluding hydrogens is 213 g/mol. The lowest BCUT2D eigenvalue weighted by Crippen LogP contribution is -2.32. The van der Waals surface area contributed by atoms with Gasteiger partial charge in [0.15, 0.2) is 0 Å². The highest BCUT2D eigenvalue weighted by molar-refractivity contribution is 5.87. The Labute approximate surface area is 91.7 Å². The fourth-order valence-corrected chi connectivity index (χ4v) is 1.08. The summed E-state index contributed by atoms with van der Waals surface area (Å²) in [5.41, 5.74) is 5.58. The molecule has 5 nitrogen and oxygen atoms in total. The summed E-state index contributed by atoms with van der Waals surface area (Å²) in [6.07, 6.45) is 0. The molecule has 0 fully saturated rings. The Bertz CT molecular complexity index is 428. The number of nitrogens with zero attached hydrogens (tertiary/aromatic N) is 1. The van der Waals surface area contributed by atoms with Crippen molar-refractivity contribution in [2.24, 2.45) is 11.6 Å². The number of halogens is 1. The van der Waals surface area contributed by atoms with E-state index in [9.17, 15) is 9.18 Å². The molecule has 0 aromatic heterocycles. The van der Waals surface area contributed by atoms with E-state index >= 15 is 0 Å². The number of aliphatic carboxylic acids is 1. The second-order valence-corrected chi connectivity index (χ2v) is 3.15. The van der Waals surface area contributed by atoms with Gasteiger partial charge in [-0.3, -0.25) is 5.01 Å². The van der Waals surface area contributed by atoms with E-state index in [2.05, 4.69) is 0 Å². The van der Waals surface area contributed by atoms with E-state index in [0.717, 1.165) is 5.01 Å². The predicted molar refractivity (Wildman–Crippen MR) is 57.6 cm³/mol. The molecule has 1 aromatic rings. The lowest BCUT2D eigenvalue weighted by atomic mass is 10.2. The number of carboxylic acids is 1. The standard InChI is InChI=1S/C10H12FN3O2/c1-6(9(12)10(15)16)14(13)8-4-2-7(11)3-5-8/h2-5H,12-13H2,1H3,(H,15,16)/b9-6-. The average Bonchev–Trinajstić information content (AvgIpc) is 2.27. The molecule has 0 saturated heterocycles. The minimum Gasteiger partial charge on any atom is -0.477 e. The van der Waals surface area contributed by atoms with E-state index in [1.54, 1.807) is 0 Å². The van der Waals surface area contributed by atoms with Gasteiger partial charge in [0.1, 0.15) is 11.5 Å². The van der Waals surface area contributed by atoms with Crippen LogP contribution in [-0.2, 0) is 4.79 Å². The SMILES string of the molecule is C/C(=C(/N)C(=O)O)N(N)c1ccc(F)cc1. The van der Waals surface area contributed by atoms with Crippen molar-refractivity contribution < 1.29 is 14.3 Å². The second kappa shape index (κ2) is 4.63. The lowest BCUT2D eigenvalue weighted by Gasteiger charge is -2.20. The maximum atomic E-state index is 12.6. The van der Waals surface area contributed by atoms with Gasteiger partial charge in [-0.25, -0.2) is 15.0 Å². The van der Waals surface area contributed by atoms with Crippen LogP contribution in [0.5, 0.6) is 0 Å². The van der Waals surface area contributed by atoms with E-state index in [0.29, 0.717) is 5.69 Å².